The smallest absolute Gasteiger partial charge is 0.291 e. The normalized spacial score (nSPS) is 11.5. The number of methoxy groups -OCH3 is 2. The number of aryl methyl sites for hydroxylation is 1. The number of carbonyl (C=O) groups is 1. The second-order valence-corrected chi connectivity index (χ2v) is 7.54. The van der Waals surface area contributed by atoms with Gasteiger partial charge < -0.3 is 19.2 Å². The van der Waals surface area contributed by atoms with Crippen LogP contribution in [-0.2, 0) is 5.41 Å². The molecule has 0 fully saturated rings. The van der Waals surface area contributed by atoms with E-state index in [1.807, 2.05) is 37.3 Å². The summed E-state index contributed by atoms with van der Waals surface area (Å²) in [5.41, 5.74) is 3.09. The Morgan fingerprint density at radius 2 is 1.78 bits per heavy atom. The zero-order valence-electron chi connectivity index (χ0n) is 16.6. The number of nitrogens with one attached hydrogen (secondary N) is 1. The lowest BCUT2D eigenvalue weighted by Crippen LogP contribution is -2.15. The zero-order valence-corrected chi connectivity index (χ0v) is 16.6. The molecule has 0 saturated carbocycles. The van der Waals surface area contributed by atoms with Crippen LogP contribution in [0.2, 0.25) is 0 Å². The molecule has 5 nitrogen and oxygen atoms in total. The molecular weight excluding hydrogens is 342 g/mol. The number of rotatable bonds is 4. The highest BCUT2D eigenvalue weighted by molar-refractivity contribution is 6.07. The maximum Gasteiger partial charge on any atom is 0.291 e. The molecule has 1 heterocycles. The Morgan fingerprint density at radius 1 is 1.04 bits per heavy atom. The Hall–Kier alpha value is -2.95. The molecule has 1 aromatic heterocycles. The molecule has 0 spiro atoms. The van der Waals surface area contributed by atoms with Gasteiger partial charge in [-0.3, -0.25) is 4.79 Å². The van der Waals surface area contributed by atoms with Gasteiger partial charge in [-0.05, 0) is 48.2 Å². The largest absolute Gasteiger partial charge is 0.497 e. The number of amides is 1. The highest BCUT2D eigenvalue weighted by Gasteiger charge is 2.21. The van der Waals surface area contributed by atoms with Crippen molar-refractivity contribution in [2.45, 2.75) is 33.1 Å². The number of fused-ring (bicyclic) bond motifs is 1. The van der Waals surface area contributed by atoms with Crippen LogP contribution in [0.1, 0.15) is 42.5 Å². The van der Waals surface area contributed by atoms with Gasteiger partial charge in [-0.1, -0.05) is 26.8 Å². The van der Waals surface area contributed by atoms with Crippen LogP contribution in [-0.4, -0.2) is 20.1 Å². The van der Waals surface area contributed by atoms with E-state index in [2.05, 4.69) is 26.1 Å². The first-order valence-corrected chi connectivity index (χ1v) is 8.81. The van der Waals surface area contributed by atoms with Gasteiger partial charge in [0.2, 0.25) is 0 Å². The Bertz CT molecular complexity index is 995. The summed E-state index contributed by atoms with van der Waals surface area (Å²) in [7, 11) is 3.19. The number of hydrogen-bond acceptors (Lipinski definition) is 4. The van der Waals surface area contributed by atoms with Gasteiger partial charge in [-0.2, -0.15) is 0 Å². The second-order valence-electron chi connectivity index (χ2n) is 7.54. The van der Waals surface area contributed by atoms with Crippen LogP contribution >= 0.6 is 0 Å². The van der Waals surface area contributed by atoms with E-state index in [0.717, 1.165) is 22.3 Å². The van der Waals surface area contributed by atoms with E-state index in [1.54, 1.807) is 20.3 Å². The third kappa shape index (κ3) is 3.63. The van der Waals surface area contributed by atoms with Crippen molar-refractivity contribution >= 4 is 22.6 Å². The summed E-state index contributed by atoms with van der Waals surface area (Å²) < 4.78 is 16.5. The van der Waals surface area contributed by atoms with E-state index in [0.29, 0.717) is 17.0 Å². The van der Waals surface area contributed by atoms with Gasteiger partial charge >= 0.3 is 0 Å². The molecule has 142 valence electrons. The minimum Gasteiger partial charge on any atom is -0.497 e. The topological polar surface area (TPSA) is 60.7 Å². The van der Waals surface area contributed by atoms with Gasteiger partial charge in [0.05, 0.1) is 19.9 Å². The number of ether oxygens (including phenoxy) is 2. The fourth-order valence-corrected chi connectivity index (χ4v) is 2.99. The van der Waals surface area contributed by atoms with Crippen molar-refractivity contribution in [1.82, 2.24) is 0 Å². The van der Waals surface area contributed by atoms with E-state index in [4.69, 9.17) is 13.9 Å². The molecule has 0 saturated heterocycles. The number of anilines is 1. The molecule has 1 N–H and O–H groups in total. The van der Waals surface area contributed by atoms with Crippen molar-refractivity contribution in [2.24, 2.45) is 0 Å². The minimum atomic E-state index is -0.313. The SMILES string of the molecule is COc1ccc2oc(C(=O)Nc3cc(C(C)(C)C)ccc3OC)c(C)c2c1. The van der Waals surface area contributed by atoms with Crippen molar-refractivity contribution < 1.29 is 18.7 Å². The van der Waals surface area contributed by atoms with Crippen LogP contribution in [0.25, 0.3) is 11.0 Å². The van der Waals surface area contributed by atoms with Crippen molar-refractivity contribution in [3.63, 3.8) is 0 Å². The molecule has 0 aliphatic rings. The molecule has 5 heteroatoms. The Balaban J connectivity index is 1.98. The third-order valence-electron chi connectivity index (χ3n) is 4.66. The molecule has 0 atom stereocenters. The maximum absolute atomic E-state index is 12.9. The number of carbonyl (C=O) groups excluding carboxylic acids is 1. The summed E-state index contributed by atoms with van der Waals surface area (Å²) in [6.07, 6.45) is 0. The number of hydrogen-bond donors (Lipinski definition) is 1. The molecule has 1 amide bonds. The molecule has 0 unspecified atom stereocenters. The molecule has 27 heavy (non-hydrogen) atoms. The standard InChI is InChI=1S/C22H25NO4/c1-13-16-12-15(25-5)8-10-18(16)27-20(13)21(24)23-17-11-14(22(2,3)4)7-9-19(17)26-6/h7-12H,1-6H3,(H,23,24). The van der Waals surface area contributed by atoms with Crippen molar-refractivity contribution in [3.05, 3.63) is 53.3 Å². The quantitative estimate of drug-likeness (QED) is 0.679. The zero-order chi connectivity index (χ0) is 19.8. The van der Waals surface area contributed by atoms with Crippen LogP contribution < -0.4 is 14.8 Å². The van der Waals surface area contributed by atoms with Gasteiger partial charge in [-0.15, -0.1) is 0 Å². The molecule has 3 aromatic rings. The van der Waals surface area contributed by atoms with Crippen molar-refractivity contribution in [1.29, 1.82) is 0 Å². The summed E-state index contributed by atoms with van der Waals surface area (Å²) in [6.45, 7) is 8.23. The minimum absolute atomic E-state index is 0.0441. The maximum atomic E-state index is 12.9. The van der Waals surface area contributed by atoms with Gasteiger partial charge in [0.25, 0.3) is 5.91 Å². The highest BCUT2D eigenvalue weighted by Crippen LogP contribution is 2.33. The van der Waals surface area contributed by atoms with Crippen LogP contribution in [0.3, 0.4) is 0 Å². The van der Waals surface area contributed by atoms with Crippen molar-refractivity contribution in [2.75, 3.05) is 19.5 Å². The van der Waals surface area contributed by atoms with E-state index >= 15 is 0 Å². The van der Waals surface area contributed by atoms with Crippen LogP contribution in [0, 0.1) is 6.92 Å². The molecule has 2 aromatic carbocycles. The van der Waals surface area contributed by atoms with Gasteiger partial charge in [-0.25, -0.2) is 0 Å². The lowest BCUT2D eigenvalue weighted by molar-refractivity contribution is 0.0997. The monoisotopic (exact) mass is 367 g/mol. The van der Waals surface area contributed by atoms with E-state index in [-0.39, 0.29) is 17.1 Å². The lowest BCUT2D eigenvalue weighted by atomic mass is 9.87. The predicted molar refractivity (Wildman–Crippen MR) is 107 cm³/mol. The lowest BCUT2D eigenvalue weighted by Gasteiger charge is -2.21. The Morgan fingerprint density at radius 3 is 2.41 bits per heavy atom. The first-order valence-electron chi connectivity index (χ1n) is 8.81. The molecule has 3 rings (SSSR count). The molecular formula is C22H25NO4. The molecule has 0 aliphatic heterocycles. The van der Waals surface area contributed by atoms with Crippen LogP contribution in [0.4, 0.5) is 5.69 Å². The van der Waals surface area contributed by atoms with Gasteiger partial charge in [0.1, 0.15) is 17.1 Å². The number of furan rings is 1. The molecule has 0 radical (unpaired) electrons. The van der Waals surface area contributed by atoms with Gasteiger partial charge in [0.15, 0.2) is 5.76 Å². The van der Waals surface area contributed by atoms with E-state index in [1.165, 1.54) is 0 Å². The fraction of sp³-hybridized carbons (Fsp3) is 0.318. The van der Waals surface area contributed by atoms with Crippen LogP contribution in [0.5, 0.6) is 11.5 Å². The van der Waals surface area contributed by atoms with Gasteiger partial charge in [0, 0.05) is 10.9 Å². The van der Waals surface area contributed by atoms with Crippen molar-refractivity contribution in [3.8, 4) is 11.5 Å². The van der Waals surface area contributed by atoms with E-state index < -0.39 is 0 Å². The van der Waals surface area contributed by atoms with Crippen LogP contribution in [0.15, 0.2) is 40.8 Å². The average molecular weight is 367 g/mol. The molecule has 0 aliphatic carbocycles. The first-order chi connectivity index (χ1) is 12.7. The second kappa shape index (κ2) is 6.99. The highest BCUT2D eigenvalue weighted by atomic mass is 16.5. The summed E-state index contributed by atoms with van der Waals surface area (Å²) >= 11 is 0. The molecule has 0 bridgehead atoms. The predicted octanol–water partition coefficient (Wildman–Crippen LogP) is 5.31. The Labute approximate surface area is 159 Å². The van der Waals surface area contributed by atoms with E-state index in [9.17, 15) is 4.79 Å². The average Bonchev–Trinajstić information content (AvgIpc) is 2.97. The Kier molecular flexibility index (Phi) is 4.87. The third-order valence-corrected chi connectivity index (χ3v) is 4.66. The fourth-order valence-electron chi connectivity index (χ4n) is 2.99. The summed E-state index contributed by atoms with van der Waals surface area (Å²) in [5.74, 6) is 1.29. The summed E-state index contributed by atoms with van der Waals surface area (Å²) in [4.78, 5) is 12.9. The summed E-state index contributed by atoms with van der Waals surface area (Å²) in [6, 6.07) is 11.3. The number of benzene rings is 2. The summed E-state index contributed by atoms with van der Waals surface area (Å²) in [5, 5.41) is 3.79. The first kappa shape index (κ1) is 18.8.